The van der Waals surface area contributed by atoms with Crippen LogP contribution in [0.15, 0.2) is 35.3 Å². The molecule has 1 aliphatic heterocycles. The lowest BCUT2D eigenvalue weighted by Crippen LogP contribution is -2.02. The van der Waals surface area contributed by atoms with Crippen LogP contribution in [0, 0.1) is 7.14 Å². The molecule has 0 radical (unpaired) electrons. The summed E-state index contributed by atoms with van der Waals surface area (Å²) in [5.74, 6) is 1.94. The third kappa shape index (κ3) is 4.48. The van der Waals surface area contributed by atoms with Crippen molar-refractivity contribution in [1.29, 1.82) is 0 Å². The Bertz CT molecular complexity index is 760. The first kappa shape index (κ1) is 18.1. The summed E-state index contributed by atoms with van der Waals surface area (Å²) in [5, 5.41) is 2.37. The molecule has 1 heterocycles. The number of rotatable bonds is 4. The molecule has 0 atom stereocenters. The average Bonchev–Trinajstić information content (AvgIpc) is 3.02. The van der Waals surface area contributed by atoms with Gasteiger partial charge in [0.2, 0.25) is 0 Å². The molecular weight excluding hydrogens is 579 g/mol. The first-order valence-corrected chi connectivity index (χ1v) is 10.7. The second-order valence-electron chi connectivity index (χ2n) is 4.83. The Morgan fingerprint density at radius 2 is 1.87 bits per heavy atom. The van der Waals surface area contributed by atoms with Gasteiger partial charge in [0.1, 0.15) is 12.4 Å². The van der Waals surface area contributed by atoms with E-state index in [1.165, 1.54) is 0 Å². The Morgan fingerprint density at radius 1 is 1.13 bits per heavy atom. The maximum Gasteiger partial charge on any atom is 0.146 e. The summed E-state index contributed by atoms with van der Waals surface area (Å²) in [7, 11) is 0. The Morgan fingerprint density at radius 3 is 2.48 bits per heavy atom. The number of thioether (sulfide) groups is 1. The smallest absolute Gasteiger partial charge is 0.146 e. The molecule has 0 amide bonds. The van der Waals surface area contributed by atoms with E-state index in [4.69, 9.17) is 27.9 Å². The van der Waals surface area contributed by atoms with E-state index in [1.54, 1.807) is 17.8 Å². The van der Waals surface area contributed by atoms with Gasteiger partial charge < -0.3 is 4.74 Å². The second kappa shape index (κ2) is 8.12. The molecule has 2 aromatic carbocycles. The number of hydrogen-bond acceptors (Lipinski definition) is 3. The number of halogens is 4. The van der Waals surface area contributed by atoms with Crippen molar-refractivity contribution in [3.8, 4) is 5.75 Å². The topological polar surface area (TPSA) is 21.6 Å². The van der Waals surface area contributed by atoms with Crippen molar-refractivity contribution in [2.75, 3.05) is 12.3 Å². The molecule has 1 aliphatic rings. The fourth-order valence-corrected chi connectivity index (χ4v) is 5.51. The van der Waals surface area contributed by atoms with E-state index in [9.17, 15) is 0 Å². The van der Waals surface area contributed by atoms with E-state index in [0.29, 0.717) is 16.7 Å². The van der Waals surface area contributed by atoms with Gasteiger partial charge in [-0.1, -0.05) is 29.3 Å². The largest absolute Gasteiger partial charge is 0.487 e. The minimum atomic E-state index is 0.414. The third-order valence-corrected chi connectivity index (χ3v) is 6.43. The molecule has 0 spiro atoms. The van der Waals surface area contributed by atoms with Gasteiger partial charge in [0.05, 0.1) is 12.2 Å². The van der Waals surface area contributed by atoms with Gasteiger partial charge in [-0.05, 0) is 69.4 Å². The maximum absolute atomic E-state index is 6.20. The average molecular weight is 590 g/mol. The van der Waals surface area contributed by atoms with Gasteiger partial charge in [-0.25, -0.2) is 0 Å². The zero-order chi connectivity index (χ0) is 16.4. The van der Waals surface area contributed by atoms with Crippen molar-refractivity contribution in [2.24, 2.45) is 4.99 Å². The standard InChI is InChI=1S/C16H11Cl2I2NOS/c17-11-2-1-9(12(18)7-11)8-22-15-13(19)5-10(6-14(15)20)16-21-3-4-23-16/h1-2,5-7H,3-4,8H2. The van der Waals surface area contributed by atoms with Crippen LogP contribution in [-0.2, 0) is 6.61 Å². The van der Waals surface area contributed by atoms with Crippen LogP contribution in [0.5, 0.6) is 5.75 Å². The van der Waals surface area contributed by atoms with Crippen LogP contribution in [0.2, 0.25) is 10.0 Å². The number of hydrogen-bond donors (Lipinski definition) is 0. The zero-order valence-electron chi connectivity index (χ0n) is 11.8. The molecule has 0 N–H and O–H groups in total. The van der Waals surface area contributed by atoms with Gasteiger partial charge in [-0.2, -0.15) is 0 Å². The lowest BCUT2D eigenvalue weighted by Gasteiger charge is -2.13. The molecule has 2 aromatic rings. The van der Waals surface area contributed by atoms with Gasteiger partial charge in [-0.15, -0.1) is 11.8 Å². The summed E-state index contributed by atoms with van der Waals surface area (Å²) < 4.78 is 8.15. The number of ether oxygens (including phenoxy) is 1. The molecule has 2 nitrogen and oxygen atoms in total. The van der Waals surface area contributed by atoms with Crippen LogP contribution in [0.3, 0.4) is 0 Å². The molecule has 0 aliphatic carbocycles. The van der Waals surface area contributed by atoms with Crippen LogP contribution < -0.4 is 4.74 Å². The molecule has 3 rings (SSSR count). The van der Waals surface area contributed by atoms with Gasteiger partial charge in [0.15, 0.2) is 0 Å². The fraction of sp³-hybridized carbons (Fsp3) is 0.188. The first-order chi connectivity index (χ1) is 11.0. The number of nitrogens with zero attached hydrogens (tertiary/aromatic N) is 1. The minimum Gasteiger partial charge on any atom is -0.487 e. The van der Waals surface area contributed by atoms with Gasteiger partial charge in [0, 0.05) is 33.5 Å². The van der Waals surface area contributed by atoms with E-state index in [2.05, 4.69) is 62.3 Å². The van der Waals surface area contributed by atoms with Crippen LogP contribution in [0.25, 0.3) is 0 Å². The molecular formula is C16H11Cl2I2NOS. The molecule has 120 valence electrons. The van der Waals surface area contributed by atoms with E-state index < -0.39 is 0 Å². The van der Waals surface area contributed by atoms with E-state index in [-0.39, 0.29) is 0 Å². The Balaban J connectivity index is 1.80. The van der Waals surface area contributed by atoms with Crippen molar-refractivity contribution < 1.29 is 4.74 Å². The highest BCUT2D eigenvalue weighted by Gasteiger charge is 2.15. The number of aliphatic imine (C=N–C) groups is 1. The van der Waals surface area contributed by atoms with E-state index in [0.717, 1.165) is 41.4 Å². The summed E-state index contributed by atoms with van der Waals surface area (Å²) in [6.07, 6.45) is 0. The predicted octanol–water partition coefficient (Wildman–Crippen LogP) is 6.28. The molecule has 23 heavy (non-hydrogen) atoms. The van der Waals surface area contributed by atoms with E-state index in [1.807, 2.05) is 12.1 Å². The van der Waals surface area contributed by atoms with Crippen molar-refractivity contribution >= 4 is 85.2 Å². The molecule has 0 saturated carbocycles. The minimum absolute atomic E-state index is 0.414. The monoisotopic (exact) mass is 589 g/mol. The second-order valence-corrected chi connectivity index (χ2v) is 9.08. The molecule has 0 saturated heterocycles. The van der Waals surface area contributed by atoms with Crippen LogP contribution in [-0.4, -0.2) is 17.3 Å². The van der Waals surface area contributed by atoms with Crippen molar-refractivity contribution in [3.63, 3.8) is 0 Å². The van der Waals surface area contributed by atoms with Gasteiger partial charge in [-0.3, -0.25) is 4.99 Å². The summed E-state index contributed by atoms with van der Waals surface area (Å²) in [6.45, 7) is 1.32. The Labute approximate surface area is 176 Å². The highest BCUT2D eigenvalue weighted by atomic mass is 127. The summed E-state index contributed by atoms with van der Waals surface area (Å²) >= 11 is 18.5. The first-order valence-electron chi connectivity index (χ1n) is 6.78. The third-order valence-electron chi connectivity index (χ3n) is 3.22. The molecule has 0 aromatic heterocycles. The molecule has 0 unspecified atom stereocenters. The number of benzene rings is 2. The zero-order valence-corrected chi connectivity index (χ0v) is 18.4. The maximum atomic E-state index is 6.20. The van der Waals surface area contributed by atoms with Gasteiger partial charge >= 0.3 is 0 Å². The normalized spacial score (nSPS) is 14.0. The Kier molecular flexibility index (Phi) is 6.39. The Hall–Kier alpha value is 0.300. The van der Waals surface area contributed by atoms with Crippen LogP contribution in [0.4, 0.5) is 0 Å². The van der Waals surface area contributed by atoms with Crippen molar-refractivity contribution in [1.82, 2.24) is 0 Å². The predicted molar refractivity (Wildman–Crippen MR) is 117 cm³/mol. The lowest BCUT2D eigenvalue weighted by molar-refractivity contribution is 0.302. The van der Waals surface area contributed by atoms with Crippen molar-refractivity contribution in [2.45, 2.75) is 6.61 Å². The lowest BCUT2D eigenvalue weighted by atomic mass is 10.2. The highest BCUT2D eigenvalue weighted by molar-refractivity contribution is 14.1. The SMILES string of the molecule is Clc1ccc(COc2c(I)cc(C3=NCCS3)cc2I)c(Cl)c1. The summed E-state index contributed by atoms with van der Waals surface area (Å²) in [4.78, 5) is 4.53. The van der Waals surface area contributed by atoms with Crippen molar-refractivity contribution in [3.05, 3.63) is 58.6 Å². The van der Waals surface area contributed by atoms with Crippen LogP contribution in [0.1, 0.15) is 11.1 Å². The quantitative estimate of drug-likeness (QED) is 0.392. The van der Waals surface area contributed by atoms with E-state index >= 15 is 0 Å². The summed E-state index contributed by atoms with van der Waals surface area (Å²) in [6, 6.07) is 9.69. The van der Waals surface area contributed by atoms with Gasteiger partial charge in [0.25, 0.3) is 0 Å². The fourth-order valence-electron chi connectivity index (χ4n) is 2.12. The highest BCUT2D eigenvalue weighted by Crippen LogP contribution is 2.32. The molecule has 7 heteroatoms. The van der Waals surface area contributed by atoms with Crippen LogP contribution >= 0.6 is 80.1 Å². The molecule has 0 bridgehead atoms. The summed E-state index contributed by atoms with van der Waals surface area (Å²) in [5.41, 5.74) is 2.08. The molecule has 0 fully saturated rings.